The van der Waals surface area contributed by atoms with E-state index in [2.05, 4.69) is 5.32 Å². The van der Waals surface area contributed by atoms with Crippen molar-refractivity contribution in [2.75, 3.05) is 44.7 Å². The molecule has 2 fully saturated rings. The third-order valence-corrected chi connectivity index (χ3v) is 5.42. The van der Waals surface area contributed by atoms with Gasteiger partial charge in [0.1, 0.15) is 5.75 Å². The molecular weight excluding hydrogens is 388 g/mol. The summed E-state index contributed by atoms with van der Waals surface area (Å²) in [5.41, 5.74) is 0.780. The van der Waals surface area contributed by atoms with Gasteiger partial charge in [0.05, 0.1) is 19.4 Å². The molecule has 9 nitrogen and oxygen atoms in total. The molecule has 0 saturated carbocycles. The number of benzene rings is 1. The Morgan fingerprint density at radius 1 is 1.07 bits per heavy atom. The lowest BCUT2D eigenvalue weighted by atomic mass is 10.2. The lowest BCUT2D eigenvalue weighted by molar-refractivity contribution is -0.117. The first-order chi connectivity index (χ1) is 14.5. The number of hydrogen-bond acceptors (Lipinski definition) is 5. The Kier molecular flexibility index (Phi) is 5.60. The average molecular weight is 412 g/mol. The highest BCUT2D eigenvalue weighted by Gasteiger charge is 2.33. The number of furan rings is 1. The second-order valence-corrected chi connectivity index (χ2v) is 7.31. The molecule has 0 aliphatic carbocycles. The van der Waals surface area contributed by atoms with Crippen molar-refractivity contribution in [1.82, 2.24) is 15.1 Å². The number of carbonyl (C=O) groups is 3. The van der Waals surface area contributed by atoms with Gasteiger partial charge in [-0.1, -0.05) is 0 Å². The molecule has 0 spiro atoms. The molecule has 3 heterocycles. The van der Waals surface area contributed by atoms with Crippen LogP contribution in [0.4, 0.5) is 10.5 Å². The molecule has 2 aliphatic rings. The highest BCUT2D eigenvalue weighted by Crippen LogP contribution is 2.24. The third kappa shape index (κ3) is 4.10. The number of ether oxygens (including phenoxy) is 1. The largest absolute Gasteiger partial charge is 0.497 e. The van der Waals surface area contributed by atoms with Gasteiger partial charge in [0.2, 0.25) is 5.91 Å². The topological polar surface area (TPSA) is 95.3 Å². The maximum atomic E-state index is 12.6. The lowest BCUT2D eigenvalue weighted by Gasteiger charge is -2.34. The number of urea groups is 1. The number of carbonyl (C=O) groups excluding carboxylic acids is 3. The van der Waals surface area contributed by atoms with Crippen LogP contribution in [0, 0.1) is 0 Å². The Labute approximate surface area is 174 Å². The first-order valence-electron chi connectivity index (χ1n) is 9.88. The molecule has 2 aromatic rings. The molecule has 2 aliphatic heterocycles. The van der Waals surface area contributed by atoms with Crippen molar-refractivity contribution in [3.8, 4) is 5.75 Å². The minimum Gasteiger partial charge on any atom is -0.497 e. The van der Waals surface area contributed by atoms with Crippen LogP contribution in [-0.4, -0.2) is 73.5 Å². The molecule has 4 rings (SSSR count). The summed E-state index contributed by atoms with van der Waals surface area (Å²) in [6.07, 6.45) is 1.73. The summed E-state index contributed by atoms with van der Waals surface area (Å²) in [5.74, 6) is 0.826. The Bertz CT molecular complexity index is 904. The number of nitrogens with zero attached hydrogens (tertiary/aromatic N) is 3. The van der Waals surface area contributed by atoms with Gasteiger partial charge < -0.3 is 29.2 Å². The van der Waals surface area contributed by atoms with E-state index in [4.69, 9.17) is 9.15 Å². The molecule has 0 radical (unpaired) electrons. The van der Waals surface area contributed by atoms with Crippen LogP contribution in [0.1, 0.15) is 17.0 Å². The number of hydrogen-bond donors (Lipinski definition) is 1. The maximum absolute atomic E-state index is 12.6. The van der Waals surface area contributed by atoms with E-state index in [1.54, 1.807) is 46.1 Å². The molecule has 9 heteroatoms. The molecule has 0 bridgehead atoms. The van der Waals surface area contributed by atoms with Crippen molar-refractivity contribution in [2.24, 2.45) is 0 Å². The molecule has 2 saturated heterocycles. The zero-order valence-corrected chi connectivity index (χ0v) is 16.7. The summed E-state index contributed by atoms with van der Waals surface area (Å²) in [4.78, 5) is 42.4. The summed E-state index contributed by atoms with van der Waals surface area (Å²) in [6.45, 7) is 2.17. The second-order valence-electron chi connectivity index (χ2n) is 7.31. The van der Waals surface area contributed by atoms with Gasteiger partial charge in [-0.15, -0.1) is 0 Å². The smallest absolute Gasteiger partial charge is 0.317 e. The van der Waals surface area contributed by atoms with Crippen LogP contribution in [0.3, 0.4) is 0 Å². The van der Waals surface area contributed by atoms with Crippen LogP contribution in [0.25, 0.3) is 0 Å². The van der Waals surface area contributed by atoms with Gasteiger partial charge in [0.25, 0.3) is 5.91 Å². The SMILES string of the molecule is COc1ccc(N2C[C@H](NC(=O)N3CCN(C(=O)c4ccco4)CC3)CC2=O)cc1. The Morgan fingerprint density at radius 2 is 1.77 bits per heavy atom. The number of rotatable bonds is 4. The van der Waals surface area contributed by atoms with Gasteiger partial charge >= 0.3 is 6.03 Å². The van der Waals surface area contributed by atoms with E-state index in [0.717, 1.165) is 11.4 Å². The van der Waals surface area contributed by atoms with Gasteiger partial charge in [0.15, 0.2) is 5.76 Å². The third-order valence-electron chi connectivity index (χ3n) is 5.42. The van der Waals surface area contributed by atoms with Crippen LogP contribution in [0.15, 0.2) is 47.1 Å². The fourth-order valence-corrected chi connectivity index (χ4v) is 3.75. The molecule has 1 atom stereocenters. The van der Waals surface area contributed by atoms with E-state index in [9.17, 15) is 14.4 Å². The normalized spacial score (nSPS) is 19.2. The first kappa shape index (κ1) is 19.8. The van der Waals surface area contributed by atoms with E-state index in [1.807, 2.05) is 12.1 Å². The van der Waals surface area contributed by atoms with Crippen molar-refractivity contribution in [3.05, 3.63) is 48.4 Å². The summed E-state index contributed by atoms with van der Waals surface area (Å²) in [5, 5.41) is 2.95. The molecule has 1 aromatic carbocycles. The van der Waals surface area contributed by atoms with E-state index in [0.29, 0.717) is 38.5 Å². The molecule has 158 valence electrons. The number of piperazine rings is 1. The van der Waals surface area contributed by atoms with Crippen LogP contribution in [0.2, 0.25) is 0 Å². The molecular formula is C21H24N4O5. The molecule has 1 N–H and O–H groups in total. The van der Waals surface area contributed by atoms with Crippen molar-refractivity contribution < 1.29 is 23.5 Å². The van der Waals surface area contributed by atoms with Gasteiger partial charge in [0, 0.05) is 44.8 Å². The molecule has 0 unspecified atom stereocenters. The van der Waals surface area contributed by atoms with E-state index >= 15 is 0 Å². The standard InChI is InChI=1S/C21H24N4O5/c1-29-17-6-4-16(5-7-17)25-14-15(13-19(25)26)22-21(28)24-10-8-23(9-11-24)20(27)18-3-2-12-30-18/h2-7,12,15H,8-11,13-14H2,1H3,(H,22,28)/t15-/m1/s1. The number of nitrogens with one attached hydrogen (secondary N) is 1. The fourth-order valence-electron chi connectivity index (χ4n) is 3.75. The van der Waals surface area contributed by atoms with E-state index in [-0.39, 0.29) is 30.3 Å². The van der Waals surface area contributed by atoms with Crippen molar-refractivity contribution in [2.45, 2.75) is 12.5 Å². The van der Waals surface area contributed by atoms with Crippen LogP contribution < -0.4 is 15.0 Å². The monoisotopic (exact) mass is 412 g/mol. The molecule has 30 heavy (non-hydrogen) atoms. The summed E-state index contributed by atoms with van der Waals surface area (Å²) >= 11 is 0. The van der Waals surface area contributed by atoms with Gasteiger partial charge in [-0.3, -0.25) is 9.59 Å². The van der Waals surface area contributed by atoms with Crippen LogP contribution >= 0.6 is 0 Å². The predicted octanol–water partition coefficient (Wildman–Crippen LogP) is 1.56. The van der Waals surface area contributed by atoms with Crippen LogP contribution in [0.5, 0.6) is 5.75 Å². The fraction of sp³-hybridized carbons (Fsp3) is 0.381. The second kappa shape index (κ2) is 8.48. The lowest BCUT2D eigenvalue weighted by Crippen LogP contribution is -2.54. The van der Waals surface area contributed by atoms with E-state index in [1.165, 1.54) is 6.26 Å². The van der Waals surface area contributed by atoms with Crippen molar-refractivity contribution in [3.63, 3.8) is 0 Å². The minimum absolute atomic E-state index is 0.0284. The Morgan fingerprint density at radius 3 is 2.40 bits per heavy atom. The van der Waals surface area contributed by atoms with Gasteiger partial charge in [-0.25, -0.2) is 4.79 Å². The predicted molar refractivity (Wildman–Crippen MR) is 108 cm³/mol. The summed E-state index contributed by atoms with van der Waals surface area (Å²) in [7, 11) is 1.59. The first-order valence-corrected chi connectivity index (χ1v) is 9.88. The molecule has 1 aromatic heterocycles. The summed E-state index contributed by atoms with van der Waals surface area (Å²) < 4.78 is 10.3. The highest BCUT2D eigenvalue weighted by molar-refractivity contribution is 5.97. The average Bonchev–Trinajstić information content (AvgIpc) is 3.43. The summed E-state index contributed by atoms with van der Waals surface area (Å²) in [6, 6.07) is 10.1. The van der Waals surface area contributed by atoms with Crippen molar-refractivity contribution >= 4 is 23.5 Å². The van der Waals surface area contributed by atoms with E-state index < -0.39 is 0 Å². The van der Waals surface area contributed by atoms with Crippen LogP contribution in [-0.2, 0) is 4.79 Å². The zero-order valence-electron chi connectivity index (χ0n) is 16.7. The quantitative estimate of drug-likeness (QED) is 0.822. The number of amides is 4. The maximum Gasteiger partial charge on any atom is 0.317 e. The van der Waals surface area contributed by atoms with Crippen molar-refractivity contribution in [1.29, 1.82) is 0 Å². The van der Waals surface area contributed by atoms with Gasteiger partial charge in [-0.2, -0.15) is 0 Å². The minimum atomic E-state index is -0.255. The molecule has 4 amide bonds. The Balaban J connectivity index is 1.28. The highest BCUT2D eigenvalue weighted by atomic mass is 16.5. The Hall–Kier alpha value is -3.49. The van der Waals surface area contributed by atoms with Gasteiger partial charge in [-0.05, 0) is 36.4 Å². The zero-order chi connectivity index (χ0) is 21.1. The number of methoxy groups -OCH3 is 1. The number of anilines is 1.